The molecule has 0 bridgehead atoms. The highest BCUT2D eigenvalue weighted by Gasteiger charge is 2.25. The fraction of sp³-hybridized carbons (Fsp3) is 0.667. The van der Waals surface area contributed by atoms with Gasteiger partial charge in [0.05, 0.1) is 0 Å². The summed E-state index contributed by atoms with van der Waals surface area (Å²) in [5.74, 6) is 0.0759. The molecule has 0 aliphatic rings. The van der Waals surface area contributed by atoms with Gasteiger partial charge in [-0.3, -0.25) is 4.68 Å². The number of hydrogen-bond donors (Lipinski definition) is 1. The van der Waals surface area contributed by atoms with Crippen molar-refractivity contribution in [1.82, 2.24) is 14.8 Å². The normalized spacial score (nSPS) is 11.9. The van der Waals surface area contributed by atoms with Gasteiger partial charge < -0.3 is 5.73 Å². The third-order valence-corrected chi connectivity index (χ3v) is 1.40. The van der Waals surface area contributed by atoms with Gasteiger partial charge >= 0.3 is 6.18 Å². The highest BCUT2D eigenvalue weighted by Crippen LogP contribution is 2.21. The van der Waals surface area contributed by atoms with Crippen molar-refractivity contribution in [3.05, 3.63) is 6.33 Å². The minimum absolute atomic E-state index is 0.00764. The second kappa shape index (κ2) is 3.63. The van der Waals surface area contributed by atoms with Gasteiger partial charge in [-0.2, -0.15) is 13.2 Å². The smallest absolute Gasteiger partial charge is 0.367 e. The van der Waals surface area contributed by atoms with E-state index in [1.165, 1.54) is 11.0 Å². The minimum atomic E-state index is -4.11. The summed E-state index contributed by atoms with van der Waals surface area (Å²) in [4.78, 5) is 3.58. The molecule has 1 heterocycles. The number of hydrogen-bond acceptors (Lipinski definition) is 3. The van der Waals surface area contributed by atoms with Crippen molar-refractivity contribution in [3.63, 3.8) is 0 Å². The molecule has 0 aliphatic heterocycles. The molecule has 0 amide bonds. The zero-order valence-corrected chi connectivity index (χ0v) is 6.75. The number of alkyl halides is 3. The molecule has 0 aromatic carbocycles. The fourth-order valence-corrected chi connectivity index (χ4v) is 0.858. The van der Waals surface area contributed by atoms with Crippen LogP contribution in [0, 0.1) is 0 Å². The van der Waals surface area contributed by atoms with Crippen molar-refractivity contribution in [2.75, 3.05) is 5.73 Å². The number of nitrogen functional groups attached to an aromatic ring is 1. The highest BCUT2D eigenvalue weighted by molar-refractivity contribution is 5.08. The van der Waals surface area contributed by atoms with Crippen molar-refractivity contribution in [2.45, 2.75) is 25.6 Å². The van der Waals surface area contributed by atoms with Gasteiger partial charge in [0.1, 0.15) is 6.33 Å². The number of aryl methyl sites for hydroxylation is 1. The van der Waals surface area contributed by atoms with Gasteiger partial charge in [-0.1, -0.05) is 0 Å². The molecule has 4 nitrogen and oxygen atoms in total. The van der Waals surface area contributed by atoms with Crippen molar-refractivity contribution in [3.8, 4) is 0 Å². The van der Waals surface area contributed by atoms with E-state index < -0.39 is 12.6 Å². The Bertz CT molecular complexity index is 267. The van der Waals surface area contributed by atoms with Gasteiger partial charge in [0, 0.05) is 13.0 Å². The first-order valence-corrected chi connectivity index (χ1v) is 3.69. The summed E-state index contributed by atoms with van der Waals surface area (Å²) in [6.45, 7) is 0.184. The second-order valence-corrected chi connectivity index (χ2v) is 2.58. The molecule has 0 saturated carbocycles. The van der Waals surface area contributed by atoms with E-state index >= 15 is 0 Å². The Morgan fingerprint density at radius 2 is 2.15 bits per heavy atom. The van der Waals surface area contributed by atoms with E-state index in [0.29, 0.717) is 0 Å². The van der Waals surface area contributed by atoms with E-state index in [4.69, 9.17) is 5.73 Å². The lowest BCUT2D eigenvalue weighted by Gasteiger charge is -2.04. The molecule has 0 saturated heterocycles. The summed E-state index contributed by atoms with van der Waals surface area (Å²) >= 11 is 0. The Morgan fingerprint density at radius 3 is 2.62 bits per heavy atom. The van der Waals surface area contributed by atoms with E-state index in [9.17, 15) is 13.2 Å². The Hall–Kier alpha value is -1.27. The first kappa shape index (κ1) is 9.82. The molecular weight excluding hydrogens is 185 g/mol. The number of halogens is 3. The van der Waals surface area contributed by atoms with Crippen LogP contribution in [0.2, 0.25) is 0 Å². The van der Waals surface area contributed by atoms with Crippen LogP contribution in [0.15, 0.2) is 6.33 Å². The molecule has 7 heteroatoms. The van der Waals surface area contributed by atoms with Crippen LogP contribution >= 0.6 is 0 Å². The largest absolute Gasteiger partial charge is 0.389 e. The molecular formula is C6H9F3N4. The lowest BCUT2D eigenvalue weighted by atomic mass is 10.3. The molecule has 0 fully saturated rings. The Morgan fingerprint density at radius 1 is 1.46 bits per heavy atom. The van der Waals surface area contributed by atoms with E-state index in [-0.39, 0.29) is 18.9 Å². The quantitative estimate of drug-likeness (QED) is 0.786. The van der Waals surface area contributed by atoms with Crippen LogP contribution in [0.25, 0.3) is 0 Å². The SMILES string of the molecule is Nc1ncn(CCCC(F)(F)F)n1. The average Bonchev–Trinajstić information content (AvgIpc) is 2.33. The van der Waals surface area contributed by atoms with Gasteiger partial charge in [-0.15, -0.1) is 5.10 Å². The third kappa shape index (κ3) is 3.77. The van der Waals surface area contributed by atoms with Crippen LogP contribution in [0.5, 0.6) is 0 Å². The predicted molar refractivity (Wildman–Crippen MR) is 39.7 cm³/mol. The standard InChI is InChI=1S/C6H9F3N4/c7-6(8,9)2-1-3-13-4-11-5(10)12-13/h4H,1-3H2,(H2,10,12). The fourth-order valence-electron chi connectivity index (χ4n) is 0.858. The number of rotatable bonds is 3. The molecule has 1 aromatic heterocycles. The first-order valence-electron chi connectivity index (χ1n) is 3.69. The average molecular weight is 194 g/mol. The molecule has 0 aliphatic carbocycles. The van der Waals surface area contributed by atoms with Gasteiger partial charge in [0.25, 0.3) is 0 Å². The monoisotopic (exact) mass is 194 g/mol. The molecule has 1 rings (SSSR count). The van der Waals surface area contributed by atoms with Gasteiger partial charge in [-0.05, 0) is 6.42 Å². The predicted octanol–water partition coefficient (Wildman–Crippen LogP) is 1.20. The van der Waals surface area contributed by atoms with E-state index in [0.717, 1.165) is 0 Å². The molecule has 2 N–H and O–H groups in total. The zero-order chi connectivity index (χ0) is 9.90. The summed E-state index contributed by atoms with van der Waals surface area (Å²) in [6, 6.07) is 0. The number of nitrogens with two attached hydrogens (primary N) is 1. The maximum Gasteiger partial charge on any atom is 0.389 e. The maximum atomic E-state index is 11.7. The minimum Gasteiger partial charge on any atom is -0.367 e. The lowest BCUT2D eigenvalue weighted by molar-refractivity contribution is -0.136. The zero-order valence-electron chi connectivity index (χ0n) is 6.75. The number of nitrogens with zero attached hydrogens (tertiary/aromatic N) is 3. The highest BCUT2D eigenvalue weighted by atomic mass is 19.4. The van der Waals surface area contributed by atoms with Crippen molar-refractivity contribution in [1.29, 1.82) is 0 Å². The van der Waals surface area contributed by atoms with Crippen molar-refractivity contribution in [2.24, 2.45) is 0 Å². The van der Waals surface area contributed by atoms with E-state index in [2.05, 4.69) is 10.1 Å². The van der Waals surface area contributed by atoms with Gasteiger partial charge in [0.15, 0.2) is 0 Å². The summed E-state index contributed by atoms with van der Waals surface area (Å²) in [6.07, 6.45) is -3.61. The van der Waals surface area contributed by atoms with Crippen LogP contribution in [0.1, 0.15) is 12.8 Å². The molecule has 0 spiro atoms. The molecule has 74 valence electrons. The topological polar surface area (TPSA) is 56.7 Å². The number of aromatic nitrogens is 3. The summed E-state index contributed by atoms with van der Waals surface area (Å²) < 4.78 is 36.4. The Balaban J connectivity index is 2.28. The van der Waals surface area contributed by atoms with Crippen LogP contribution < -0.4 is 5.73 Å². The molecule has 0 unspecified atom stereocenters. The molecule has 13 heavy (non-hydrogen) atoms. The maximum absolute atomic E-state index is 11.7. The van der Waals surface area contributed by atoms with Gasteiger partial charge in [-0.25, -0.2) is 4.98 Å². The Kier molecular flexibility index (Phi) is 2.74. The first-order chi connectivity index (χ1) is 5.97. The third-order valence-electron chi connectivity index (χ3n) is 1.40. The second-order valence-electron chi connectivity index (χ2n) is 2.58. The summed E-state index contributed by atoms with van der Waals surface area (Å²) in [5.41, 5.74) is 5.17. The summed E-state index contributed by atoms with van der Waals surface area (Å²) in [7, 11) is 0. The summed E-state index contributed by atoms with van der Waals surface area (Å²) in [5, 5.41) is 3.65. The van der Waals surface area contributed by atoms with Crippen LogP contribution in [0.3, 0.4) is 0 Å². The molecule has 0 radical (unpaired) electrons. The van der Waals surface area contributed by atoms with E-state index in [1.807, 2.05) is 0 Å². The Labute approximate surface area is 72.6 Å². The molecule has 1 aromatic rings. The van der Waals surface area contributed by atoms with Crippen LogP contribution in [-0.4, -0.2) is 20.9 Å². The van der Waals surface area contributed by atoms with E-state index in [1.54, 1.807) is 0 Å². The van der Waals surface area contributed by atoms with Crippen LogP contribution in [0.4, 0.5) is 19.1 Å². The van der Waals surface area contributed by atoms with Crippen molar-refractivity contribution < 1.29 is 13.2 Å². The van der Waals surface area contributed by atoms with Gasteiger partial charge in [0.2, 0.25) is 5.95 Å². The molecule has 0 atom stereocenters. The van der Waals surface area contributed by atoms with Crippen LogP contribution in [-0.2, 0) is 6.54 Å². The number of anilines is 1. The van der Waals surface area contributed by atoms with Crippen molar-refractivity contribution >= 4 is 5.95 Å². The lowest BCUT2D eigenvalue weighted by Crippen LogP contribution is -2.09.